The van der Waals surface area contributed by atoms with Crippen LogP contribution >= 0.6 is 0 Å². The number of benzene rings is 3. The normalized spacial score (nSPS) is 11.0. The third-order valence-electron chi connectivity index (χ3n) is 4.35. The highest BCUT2D eigenvalue weighted by atomic mass is 16.2. The van der Waals surface area contributed by atoms with E-state index in [1.54, 1.807) is 24.3 Å². The van der Waals surface area contributed by atoms with Gasteiger partial charge < -0.3 is 10.6 Å². The van der Waals surface area contributed by atoms with Gasteiger partial charge in [0.25, 0.3) is 5.91 Å². The van der Waals surface area contributed by atoms with Crippen molar-refractivity contribution in [3.63, 3.8) is 0 Å². The molecule has 3 rings (SSSR count). The molecule has 3 aromatic rings. The van der Waals surface area contributed by atoms with Crippen LogP contribution in [0.1, 0.15) is 36.7 Å². The summed E-state index contributed by atoms with van der Waals surface area (Å²) in [6.07, 6.45) is 0.293. The summed E-state index contributed by atoms with van der Waals surface area (Å²) in [5.74, 6) is -0.224. The maximum absolute atomic E-state index is 12.4. The van der Waals surface area contributed by atoms with Gasteiger partial charge in [0, 0.05) is 16.8 Å². The third-order valence-corrected chi connectivity index (χ3v) is 4.35. The zero-order chi connectivity index (χ0) is 20.9. The van der Waals surface area contributed by atoms with Crippen molar-refractivity contribution < 1.29 is 9.59 Å². The topological polar surface area (TPSA) is 58.2 Å². The molecule has 2 amide bonds. The van der Waals surface area contributed by atoms with Crippen LogP contribution in [0.5, 0.6) is 0 Å². The molecule has 0 unspecified atom stereocenters. The minimum atomic E-state index is -0.292. The predicted octanol–water partition coefficient (Wildman–Crippen LogP) is 5.06. The molecule has 4 nitrogen and oxygen atoms in total. The van der Waals surface area contributed by atoms with Gasteiger partial charge in [-0.25, -0.2) is 0 Å². The van der Waals surface area contributed by atoms with E-state index in [0.717, 1.165) is 16.7 Å². The molecule has 148 valence electrons. The Balaban J connectivity index is 1.57. The lowest BCUT2D eigenvalue weighted by atomic mass is 10.0. The van der Waals surface area contributed by atoms with Crippen LogP contribution in [0, 0.1) is 0 Å². The number of hydrogen-bond acceptors (Lipinski definition) is 2. The first-order valence-electron chi connectivity index (χ1n) is 9.67. The largest absolute Gasteiger partial charge is 0.347 e. The van der Waals surface area contributed by atoms with Crippen molar-refractivity contribution in [3.05, 3.63) is 90.0 Å². The monoisotopic (exact) mass is 386 g/mol. The molecule has 0 atom stereocenters. The number of carbonyl (C=O) groups excluding carboxylic acids is 2. The van der Waals surface area contributed by atoms with E-state index in [0.29, 0.717) is 17.7 Å². The molecule has 2 N–H and O–H groups in total. The van der Waals surface area contributed by atoms with Crippen molar-refractivity contribution >= 4 is 17.5 Å². The van der Waals surface area contributed by atoms with Gasteiger partial charge in [0.05, 0.1) is 6.42 Å². The average Bonchev–Trinajstić information content (AvgIpc) is 2.68. The number of hydrogen-bond donors (Lipinski definition) is 2. The Labute approximate surface area is 172 Å². The lowest BCUT2D eigenvalue weighted by Crippen LogP contribution is -2.40. The Kier molecular flexibility index (Phi) is 6.13. The van der Waals surface area contributed by atoms with Gasteiger partial charge in [0.1, 0.15) is 0 Å². The van der Waals surface area contributed by atoms with Crippen LogP contribution in [0.25, 0.3) is 11.1 Å². The fraction of sp³-hybridized carbons (Fsp3) is 0.200. The van der Waals surface area contributed by atoms with Crippen LogP contribution in [-0.2, 0) is 11.2 Å². The number of carbonyl (C=O) groups is 2. The minimum Gasteiger partial charge on any atom is -0.347 e. The van der Waals surface area contributed by atoms with Gasteiger partial charge in [-0.15, -0.1) is 0 Å². The predicted molar refractivity (Wildman–Crippen MR) is 118 cm³/mol. The van der Waals surface area contributed by atoms with Gasteiger partial charge in [-0.3, -0.25) is 9.59 Å². The van der Waals surface area contributed by atoms with Crippen LogP contribution in [0.3, 0.4) is 0 Å². The lowest BCUT2D eigenvalue weighted by molar-refractivity contribution is -0.115. The summed E-state index contributed by atoms with van der Waals surface area (Å²) in [5, 5.41) is 5.80. The Morgan fingerprint density at radius 1 is 0.759 bits per heavy atom. The van der Waals surface area contributed by atoms with E-state index in [2.05, 4.69) is 22.8 Å². The fourth-order valence-electron chi connectivity index (χ4n) is 2.95. The standard InChI is InChI=1S/C25H26N2O2/c1-25(2,3)27-24(29)21-13-15-22(16-14-21)26-23(28)17-18-9-11-20(12-10-18)19-7-5-4-6-8-19/h4-16H,17H2,1-3H3,(H,26,28)(H,27,29). The second kappa shape index (κ2) is 8.74. The van der Waals surface area contributed by atoms with E-state index >= 15 is 0 Å². The molecule has 3 aromatic carbocycles. The molecule has 0 heterocycles. The van der Waals surface area contributed by atoms with E-state index in [1.807, 2.05) is 63.2 Å². The molecule has 0 fully saturated rings. The zero-order valence-electron chi connectivity index (χ0n) is 17.0. The second-order valence-electron chi connectivity index (χ2n) is 8.07. The molecule has 0 spiro atoms. The fourth-order valence-corrected chi connectivity index (χ4v) is 2.95. The number of rotatable bonds is 5. The van der Waals surface area contributed by atoms with Crippen LogP contribution < -0.4 is 10.6 Å². The van der Waals surface area contributed by atoms with Gasteiger partial charge in [-0.2, -0.15) is 0 Å². The van der Waals surface area contributed by atoms with Crippen LogP contribution in [-0.4, -0.2) is 17.4 Å². The Morgan fingerprint density at radius 3 is 1.93 bits per heavy atom. The molecule has 0 aliphatic rings. The molecule has 0 radical (unpaired) electrons. The third kappa shape index (κ3) is 6.04. The molecule has 0 aliphatic carbocycles. The van der Waals surface area contributed by atoms with Crippen molar-refractivity contribution in [2.75, 3.05) is 5.32 Å². The summed E-state index contributed by atoms with van der Waals surface area (Å²) in [5.41, 5.74) is 4.17. The van der Waals surface area contributed by atoms with Crippen LogP contribution in [0.15, 0.2) is 78.9 Å². The van der Waals surface area contributed by atoms with Gasteiger partial charge in [-0.05, 0) is 61.7 Å². The van der Waals surface area contributed by atoms with Gasteiger partial charge in [0.2, 0.25) is 5.91 Å². The summed E-state index contributed by atoms with van der Waals surface area (Å²) in [4.78, 5) is 24.5. The minimum absolute atomic E-state index is 0.0932. The molecule has 29 heavy (non-hydrogen) atoms. The maximum atomic E-state index is 12.4. The summed E-state index contributed by atoms with van der Waals surface area (Å²) in [6, 6.07) is 25.1. The number of amides is 2. The first-order chi connectivity index (χ1) is 13.8. The maximum Gasteiger partial charge on any atom is 0.251 e. The molecular formula is C25H26N2O2. The molecule has 0 aromatic heterocycles. The molecule has 4 heteroatoms. The van der Waals surface area contributed by atoms with E-state index in [-0.39, 0.29) is 17.4 Å². The van der Waals surface area contributed by atoms with Gasteiger partial charge >= 0.3 is 0 Å². The van der Waals surface area contributed by atoms with Crippen molar-refractivity contribution in [3.8, 4) is 11.1 Å². The summed E-state index contributed by atoms with van der Waals surface area (Å²) in [6.45, 7) is 5.81. The smallest absolute Gasteiger partial charge is 0.251 e. The first-order valence-corrected chi connectivity index (χ1v) is 9.67. The van der Waals surface area contributed by atoms with Crippen molar-refractivity contribution in [1.29, 1.82) is 0 Å². The summed E-state index contributed by atoms with van der Waals surface area (Å²) in [7, 11) is 0. The summed E-state index contributed by atoms with van der Waals surface area (Å²) >= 11 is 0. The highest BCUT2D eigenvalue weighted by Crippen LogP contribution is 2.19. The zero-order valence-corrected chi connectivity index (χ0v) is 17.0. The van der Waals surface area contributed by atoms with Crippen LogP contribution in [0.2, 0.25) is 0 Å². The van der Waals surface area contributed by atoms with Crippen molar-refractivity contribution in [1.82, 2.24) is 5.32 Å². The Hall–Kier alpha value is -3.40. The first kappa shape index (κ1) is 20.3. The second-order valence-corrected chi connectivity index (χ2v) is 8.07. The molecule has 0 saturated carbocycles. The van der Waals surface area contributed by atoms with Crippen LogP contribution in [0.4, 0.5) is 5.69 Å². The van der Waals surface area contributed by atoms with Gasteiger partial charge in [-0.1, -0.05) is 54.6 Å². The lowest BCUT2D eigenvalue weighted by Gasteiger charge is -2.20. The average molecular weight is 386 g/mol. The molecular weight excluding hydrogens is 360 g/mol. The Bertz CT molecular complexity index is 970. The number of nitrogens with one attached hydrogen (secondary N) is 2. The SMILES string of the molecule is CC(C)(C)NC(=O)c1ccc(NC(=O)Cc2ccc(-c3ccccc3)cc2)cc1. The van der Waals surface area contributed by atoms with E-state index in [4.69, 9.17) is 0 Å². The Morgan fingerprint density at radius 2 is 1.34 bits per heavy atom. The van der Waals surface area contributed by atoms with Crippen molar-refractivity contribution in [2.45, 2.75) is 32.7 Å². The highest BCUT2D eigenvalue weighted by molar-refractivity contribution is 5.96. The highest BCUT2D eigenvalue weighted by Gasteiger charge is 2.15. The quantitative estimate of drug-likeness (QED) is 0.644. The van der Waals surface area contributed by atoms with Crippen molar-refractivity contribution in [2.24, 2.45) is 0 Å². The summed E-state index contributed by atoms with van der Waals surface area (Å²) < 4.78 is 0. The van der Waals surface area contributed by atoms with E-state index < -0.39 is 0 Å². The molecule has 0 bridgehead atoms. The van der Waals surface area contributed by atoms with E-state index in [9.17, 15) is 9.59 Å². The molecule has 0 saturated heterocycles. The van der Waals surface area contributed by atoms with Gasteiger partial charge in [0.15, 0.2) is 0 Å². The van der Waals surface area contributed by atoms with E-state index in [1.165, 1.54) is 0 Å². The number of anilines is 1. The molecule has 0 aliphatic heterocycles.